The highest BCUT2D eigenvalue weighted by molar-refractivity contribution is 7.91. The van der Waals surface area contributed by atoms with Crippen molar-refractivity contribution in [1.82, 2.24) is 0 Å². The van der Waals surface area contributed by atoms with Crippen molar-refractivity contribution in [1.29, 1.82) is 0 Å². The van der Waals surface area contributed by atoms with Crippen molar-refractivity contribution in [3.8, 4) is 11.1 Å². The molecule has 19 heteroatoms. The van der Waals surface area contributed by atoms with Gasteiger partial charge in [0.15, 0.2) is 11.5 Å². The minimum atomic E-state index is -4.92. The Kier molecular flexibility index (Phi) is 10.2. The van der Waals surface area contributed by atoms with E-state index >= 15 is 0 Å². The van der Waals surface area contributed by atoms with Crippen LogP contribution in [0.3, 0.4) is 0 Å². The molecule has 0 aromatic heterocycles. The molecule has 58 heavy (non-hydrogen) atoms. The lowest BCUT2D eigenvalue weighted by molar-refractivity contribution is -0.134. The minimum Gasteiger partial charge on any atom is -0.478 e. The number of nitrogens with zero attached hydrogens (tertiary/aromatic N) is 4. The van der Waals surface area contributed by atoms with Crippen LogP contribution < -0.4 is 16.6 Å². The van der Waals surface area contributed by atoms with Gasteiger partial charge < -0.3 is 10.8 Å². The Morgan fingerprint density at radius 3 is 2.07 bits per heavy atom. The molecule has 5 aromatic carbocycles. The summed E-state index contributed by atoms with van der Waals surface area (Å²) in [7, 11) is -9.57. The molecule has 7 N–H and O–H groups in total. The van der Waals surface area contributed by atoms with E-state index in [0.717, 1.165) is 35.4 Å². The smallest absolute Gasteiger partial charge is 0.339 e. The zero-order valence-corrected chi connectivity index (χ0v) is 31.1. The number of nitrogens with one attached hydrogen (secondary N) is 2. The predicted molar refractivity (Wildman–Crippen MR) is 217 cm³/mol. The average molecular weight is 818 g/mol. The summed E-state index contributed by atoms with van der Waals surface area (Å²) in [4.78, 5) is 35.1. The van der Waals surface area contributed by atoms with Gasteiger partial charge in [0.25, 0.3) is 20.2 Å². The first-order chi connectivity index (χ1) is 27.5. The van der Waals surface area contributed by atoms with Crippen LogP contribution in [0, 0.1) is 0 Å². The van der Waals surface area contributed by atoms with Crippen LogP contribution in [0.1, 0.15) is 15.9 Å². The number of allylic oxidation sites excluding steroid dienone is 4. The van der Waals surface area contributed by atoms with Crippen molar-refractivity contribution in [2.24, 2.45) is 20.4 Å². The first kappa shape index (κ1) is 38.8. The van der Waals surface area contributed by atoms with Crippen molar-refractivity contribution in [3.05, 3.63) is 137 Å². The molecule has 2 aliphatic carbocycles. The molecule has 5 aromatic rings. The normalized spacial score (nSPS) is 15.8. The van der Waals surface area contributed by atoms with Crippen LogP contribution >= 0.6 is 0 Å². The maximum atomic E-state index is 13.4. The summed E-state index contributed by atoms with van der Waals surface area (Å²) >= 11 is 0. The molecule has 0 radical (unpaired) electrons. The van der Waals surface area contributed by atoms with Crippen LogP contribution in [0.25, 0.3) is 28.0 Å². The van der Waals surface area contributed by atoms with Crippen LogP contribution in [-0.4, -0.2) is 60.0 Å². The second-order valence-corrected chi connectivity index (χ2v) is 15.4. The molecule has 0 amide bonds. The summed E-state index contributed by atoms with van der Waals surface area (Å²) in [6.07, 6.45) is 4.80. The van der Waals surface area contributed by atoms with E-state index in [4.69, 9.17) is 10.8 Å². The van der Waals surface area contributed by atoms with E-state index in [9.17, 15) is 40.3 Å². The molecule has 0 aliphatic heterocycles. The van der Waals surface area contributed by atoms with Crippen LogP contribution in [0.2, 0.25) is 0 Å². The summed E-state index contributed by atoms with van der Waals surface area (Å²) in [6, 6.07) is 25.0. The van der Waals surface area contributed by atoms with Crippen LogP contribution in [0.5, 0.6) is 0 Å². The predicted octanol–water partition coefficient (Wildman–Crippen LogP) is 6.56. The van der Waals surface area contributed by atoms with E-state index in [0.29, 0.717) is 16.8 Å². The SMILES string of the molecule is Nc1ccc2c(c1)C(=O)/C(=N/Nc1ccc(N=Nc3ccc(-c4ccc(N/N=C5\C=CC(=O)C(C(=O)O)=C5)cc4)cc3)c3cc(S(=O)(=O)O)ccc13)C(S(=O)(=O)O)=C2. The third-order valence-corrected chi connectivity index (χ3v) is 10.5. The summed E-state index contributed by atoms with van der Waals surface area (Å²) in [6.45, 7) is 0. The van der Waals surface area contributed by atoms with E-state index < -0.39 is 53.3 Å². The number of ketones is 2. The standard InChI is InChI=1S/C39H27N7O10S2/c40-24-6-1-23-17-36(58(54,55)56)37(38(48)30(23)18-24)46-45-33-14-15-34(31-20-28(57(51,52)53)12-13-29(31)33)44-42-26-9-4-22(5-10-26)21-2-7-25(8-3-21)41-43-27-11-16-35(47)32(19-27)39(49)50/h1-20,41,45H,40H2,(H,49,50)(H,51,52,53)(H,54,55,56)/b43-27+,44-42?,46-37+. The number of nitrogen functional groups attached to an aromatic ring is 1. The first-order valence-electron chi connectivity index (χ1n) is 16.7. The Morgan fingerprint density at radius 2 is 1.40 bits per heavy atom. The van der Waals surface area contributed by atoms with Crippen LogP contribution in [0.4, 0.5) is 28.4 Å². The number of carbonyl (C=O) groups is 3. The number of carboxylic acids is 1. The van der Waals surface area contributed by atoms with E-state index in [2.05, 4.69) is 31.3 Å². The number of rotatable bonds is 10. The number of hydrazone groups is 2. The highest BCUT2D eigenvalue weighted by atomic mass is 32.2. The van der Waals surface area contributed by atoms with E-state index in [1.165, 1.54) is 48.6 Å². The lowest BCUT2D eigenvalue weighted by atomic mass is 9.94. The maximum absolute atomic E-state index is 13.4. The molecule has 290 valence electrons. The summed E-state index contributed by atoms with van der Waals surface area (Å²) in [5.41, 5.74) is 14.1. The van der Waals surface area contributed by atoms with Gasteiger partial charge in [0, 0.05) is 22.0 Å². The van der Waals surface area contributed by atoms with Gasteiger partial charge in [-0.2, -0.15) is 32.2 Å². The molecule has 17 nitrogen and oxygen atoms in total. The largest absolute Gasteiger partial charge is 0.478 e. The number of carbonyl (C=O) groups excluding carboxylic acids is 2. The first-order valence-corrected chi connectivity index (χ1v) is 19.6. The number of benzene rings is 5. The Morgan fingerprint density at radius 1 is 0.690 bits per heavy atom. The Labute approximate surface area is 328 Å². The van der Waals surface area contributed by atoms with E-state index in [-0.39, 0.29) is 44.9 Å². The third kappa shape index (κ3) is 8.22. The average Bonchev–Trinajstić information content (AvgIpc) is 3.19. The fourth-order valence-electron chi connectivity index (χ4n) is 5.87. The summed E-state index contributed by atoms with van der Waals surface area (Å²) in [5.74, 6) is -2.79. The van der Waals surface area contributed by atoms with Crippen molar-refractivity contribution in [3.63, 3.8) is 0 Å². The zero-order valence-electron chi connectivity index (χ0n) is 29.4. The van der Waals surface area contributed by atoms with Gasteiger partial charge in [0.05, 0.1) is 33.4 Å². The van der Waals surface area contributed by atoms with E-state index in [1.807, 2.05) is 12.1 Å². The number of aliphatic carboxylic acids is 1. The molecule has 0 spiro atoms. The molecule has 0 heterocycles. The minimum absolute atomic E-state index is 0.0581. The fourth-order valence-corrected chi connectivity index (χ4v) is 7.04. The number of hydrogen-bond acceptors (Lipinski definition) is 14. The topological polar surface area (TPSA) is 280 Å². The Bertz CT molecular complexity index is 3010. The van der Waals surface area contributed by atoms with Crippen LogP contribution in [0.15, 0.2) is 151 Å². The van der Waals surface area contributed by atoms with Crippen LogP contribution in [-0.2, 0) is 29.8 Å². The molecule has 0 fully saturated rings. The molecule has 7 rings (SSSR count). The van der Waals surface area contributed by atoms with Gasteiger partial charge >= 0.3 is 5.97 Å². The number of nitrogens with two attached hydrogens (primary N) is 1. The highest BCUT2D eigenvalue weighted by Crippen LogP contribution is 2.36. The molecular weight excluding hydrogens is 791 g/mol. The maximum Gasteiger partial charge on any atom is 0.339 e. The summed E-state index contributed by atoms with van der Waals surface area (Å²) < 4.78 is 68.4. The van der Waals surface area contributed by atoms with Gasteiger partial charge in [-0.05, 0) is 102 Å². The second-order valence-electron chi connectivity index (χ2n) is 12.6. The fraction of sp³-hybridized carbons (Fsp3) is 0. The molecule has 0 bridgehead atoms. The highest BCUT2D eigenvalue weighted by Gasteiger charge is 2.33. The molecule has 0 saturated carbocycles. The molecule has 0 atom stereocenters. The van der Waals surface area contributed by atoms with Crippen molar-refractivity contribution < 1.29 is 45.4 Å². The van der Waals surface area contributed by atoms with Crippen molar-refractivity contribution in [2.45, 2.75) is 4.90 Å². The second kappa shape index (κ2) is 15.2. The monoisotopic (exact) mass is 817 g/mol. The molecule has 2 aliphatic rings. The van der Waals surface area contributed by atoms with E-state index in [1.54, 1.807) is 36.4 Å². The Hall–Kier alpha value is -7.45. The van der Waals surface area contributed by atoms with Gasteiger partial charge in [-0.25, -0.2) is 4.79 Å². The number of carboxylic acid groups (broad SMARTS) is 1. The third-order valence-electron chi connectivity index (χ3n) is 8.75. The Balaban J connectivity index is 1.13. The number of hydrogen-bond donors (Lipinski definition) is 6. The van der Waals surface area contributed by atoms with Gasteiger partial charge in [-0.1, -0.05) is 36.4 Å². The molecule has 0 unspecified atom stereocenters. The lowest BCUT2D eigenvalue weighted by Gasteiger charge is -2.17. The van der Waals surface area contributed by atoms with Gasteiger partial charge in [0.1, 0.15) is 10.5 Å². The quantitative estimate of drug-likeness (QED) is 0.0218. The number of azo groups is 1. The molecular formula is C39H27N7O10S2. The number of Topliss-reactive ketones (excluding diaryl/α,β-unsaturated/α-hetero) is 1. The van der Waals surface area contributed by atoms with Gasteiger partial charge in [0.2, 0.25) is 5.78 Å². The summed E-state index contributed by atoms with van der Waals surface area (Å²) in [5, 5.41) is 26.4. The van der Waals surface area contributed by atoms with Gasteiger partial charge in [-0.3, -0.25) is 29.5 Å². The van der Waals surface area contributed by atoms with Crippen molar-refractivity contribution in [2.75, 3.05) is 16.6 Å². The molecule has 0 saturated heterocycles. The zero-order chi connectivity index (χ0) is 41.4. The number of anilines is 3. The van der Waals surface area contributed by atoms with Gasteiger partial charge in [-0.15, -0.1) is 5.11 Å². The van der Waals surface area contributed by atoms with Crippen molar-refractivity contribution >= 4 is 94.5 Å². The lowest BCUT2D eigenvalue weighted by Crippen LogP contribution is -2.27. The number of fused-ring (bicyclic) bond motifs is 2.